The second-order valence-corrected chi connectivity index (χ2v) is 23.3. The van der Waals surface area contributed by atoms with Gasteiger partial charge in [0.05, 0.1) is 6.54 Å². The van der Waals surface area contributed by atoms with Gasteiger partial charge >= 0.3 is 5.97 Å². The maximum Gasteiger partial charge on any atom is 0.326 e. The number of carbonyl (C=O) groups is 9. The molecule has 0 spiro atoms. The van der Waals surface area contributed by atoms with Crippen molar-refractivity contribution in [1.29, 1.82) is 0 Å². The number of nitrogens with two attached hydrogens (primary N) is 4. The summed E-state index contributed by atoms with van der Waals surface area (Å²) in [4.78, 5) is 137. The molecule has 10 atom stereocenters. The number of nitrogens with one attached hydrogen (secondary N) is 11. The molecule has 0 saturated carbocycles. The number of unbranched alkanes of at least 4 members (excludes halogenated alkanes) is 3. The standard InChI is InChI=1S/C65H93N15O10/c1-5-38(3)56(79-55(81)34-69)63(87)76-52(31-40-35-70-46-22-10-7-19-43(40)46)61(85)74-49(25-13-16-28-66)58(82)73-51(27-15-18-30-68)60(84)80-57(39(4)6-2)64(88)77-53(32-41-36-71-47-23-11-8-20-44(41)47)62(86)75-50(26-14-17-29-67)59(83)78-54(65(89)90)33-42-37-72-48-24-12-9-21-45(42)48/h7-12,19-24,35-39,49-54,56-57,70-72H,5-6,13-18,25-34,66-69H2,1-4H3,(H,73,82)(H,74,85)(H,75,86)(H,76,87)(H,77,88)(H,78,83)(H,79,81)(H,80,84)(H,89,90)/t38-,39-,49-,50-,51-,52-,53-,54-,56-,57-/m0/s1. The average Bonchev–Trinajstić information content (AvgIpc) is 1.81. The minimum absolute atomic E-state index is 0.0186. The van der Waals surface area contributed by atoms with E-state index < -0.39 is 107 Å². The Balaban J connectivity index is 1.26. The second kappa shape index (κ2) is 35.5. The van der Waals surface area contributed by atoms with Crippen molar-refractivity contribution in [2.45, 2.75) is 166 Å². The zero-order valence-electron chi connectivity index (χ0n) is 52.1. The van der Waals surface area contributed by atoms with Gasteiger partial charge in [-0.05, 0) is 124 Å². The van der Waals surface area contributed by atoms with E-state index in [0.717, 1.165) is 32.7 Å². The van der Waals surface area contributed by atoms with Crippen molar-refractivity contribution in [2.75, 3.05) is 26.2 Å². The highest BCUT2D eigenvalue weighted by molar-refractivity contribution is 5.99. The van der Waals surface area contributed by atoms with Crippen molar-refractivity contribution in [3.05, 3.63) is 108 Å². The molecular weight excluding hydrogens is 1150 g/mol. The maximum atomic E-state index is 15.0. The smallest absolute Gasteiger partial charge is 0.326 e. The zero-order chi connectivity index (χ0) is 65.3. The Hall–Kier alpha value is -8.65. The summed E-state index contributed by atoms with van der Waals surface area (Å²) in [6.07, 6.45) is 8.69. The molecule has 0 aliphatic heterocycles. The number of aliphatic carboxylic acids is 1. The number of carbonyl (C=O) groups excluding carboxylic acids is 8. The van der Waals surface area contributed by atoms with E-state index in [1.165, 1.54) is 0 Å². The Morgan fingerprint density at radius 2 is 0.700 bits per heavy atom. The van der Waals surface area contributed by atoms with Crippen molar-refractivity contribution in [1.82, 2.24) is 57.5 Å². The van der Waals surface area contributed by atoms with Crippen molar-refractivity contribution in [3.8, 4) is 0 Å². The Morgan fingerprint density at radius 3 is 1.03 bits per heavy atom. The van der Waals surface area contributed by atoms with E-state index in [0.29, 0.717) is 74.6 Å². The third-order valence-electron chi connectivity index (χ3n) is 16.7. The van der Waals surface area contributed by atoms with Crippen LogP contribution in [0.1, 0.15) is 115 Å². The summed E-state index contributed by atoms with van der Waals surface area (Å²) in [6.45, 7) is 7.70. The van der Waals surface area contributed by atoms with E-state index in [2.05, 4.69) is 57.5 Å². The predicted octanol–water partition coefficient (Wildman–Crippen LogP) is 2.56. The number of carboxylic acid groups (broad SMARTS) is 1. The van der Waals surface area contributed by atoms with E-state index in [1.807, 2.05) is 86.6 Å². The molecule has 8 amide bonds. The summed E-state index contributed by atoms with van der Waals surface area (Å²) >= 11 is 0. The van der Waals surface area contributed by atoms with Crippen molar-refractivity contribution in [3.63, 3.8) is 0 Å². The third-order valence-corrected chi connectivity index (χ3v) is 16.7. The molecule has 20 N–H and O–H groups in total. The van der Waals surface area contributed by atoms with Crippen LogP contribution in [0.15, 0.2) is 91.4 Å². The summed E-state index contributed by atoms with van der Waals surface area (Å²) in [5.41, 5.74) is 27.6. The van der Waals surface area contributed by atoms with Crippen LogP contribution in [-0.2, 0) is 62.4 Å². The lowest BCUT2D eigenvalue weighted by molar-refractivity contribution is -0.142. The second-order valence-electron chi connectivity index (χ2n) is 23.3. The van der Waals surface area contributed by atoms with Gasteiger partial charge in [0.25, 0.3) is 0 Å². The first-order valence-electron chi connectivity index (χ1n) is 31.4. The fourth-order valence-corrected chi connectivity index (χ4v) is 11.0. The van der Waals surface area contributed by atoms with Gasteiger partial charge in [0.15, 0.2) is 0 Å². The number of amides is 8. The Kier molecular flexibility index (Phi) is 27.8. The van der Waals surface area contributed by atoms with Crippen LogP contribution in [0.3, 0.4) is 0 Å². The number of H-pyrrole nitrogens is 3. The summed E-state index contributed by atoms with van der Waals surface area (Å²) in [7, 11) is 0. The molecule has 3 aromatic carbocycles. The molecule has 6 rings (SSSR count). The first-order valence-corrected chi connectivity index (χ1v) is 31.4. The van der Waals surface area contributed by atoms with Gasteiger partial charge in [0.2, 0.25) is 47.3 Å². The summed E-state index contributed by atoms with van der Waals surface area (Å²) in [5.74, 6) is -7.82. The molecule has 0 aliphatic rings. The van der Waals surface area contributed by atoms with Gasteiger partial charge in [-0.2, -0.15) is 0 Å². The molecule has 0 radical (unpaired) electrons. The van der Waals surface area contributed by atoms with E-state index >= 15 is 0 Å². The molecular formula is C65H93N15O10. The largest absolute Gasteiger partial charge is 0.480 e. The van der Waals surface area contributed by atoms with Crippen LogP contribution in [0.2, 0.25) is 0 Å². The molecule has 6 aromatic rings. The van der Waals surface area contributed by atoms with Crippen LogP contribution in [0.25, 0.3) is 32.7 Å². The average molecular weight is 1240 g/mol. The van der Waals surface area contributed by atoms with Crippen LogP contribution in [0, 0.1) is 11.8 Å². The first-order chi connectivity index (χ1) is 43.3. The van der Waals surface area contributed by atoms with Gasteiger partial charge < -0.3 is 85.5 Å². The molecule has 488 valence electrons. The number of para-hydroxylation sites is 3. The third kappa shape index (κ3) is 19.9. The number of aromatic nitrogens is 3. The van der Waals surface area contributed by atoms with Crippen LogP contribution < -0.4 is 65.5 Å². The number of rotatable bonds is 39. The molecule has 90 heavy (non-hydrogen) atoms. The maximum absolute atomic E-state index is 15.0. The van der Waals surface area contributed by atoms with Crippen LogP contribution in [0.5, 0.6) is 0 Å². The van der Waals surface area contributed by atoms with Gasteiger partial charge in [-0.15, -0.1) is 0 Å². The number of fused-ring (bicyclic) bond motifs is 3. The van der Waals surface area contributed by atoms with Gasteiger partial charge in [0, 0.05) is 70.6 Å². The van der Waals surface area contributed by atoms with E-state index in [9.17, 15) is 48.3 Å². The number of aromatic amines is 3. The summed E-state index contributed by atoms with van der Waals surface area (Å²) in [5, 5.41) is 35.2. The van der Waals surface area contributed by atoms with E-state index in [1.54, 1.807) is 32.4 Å². The molecule has 3 heterocycles. The molecule has 0 unspecified atom stereocenters. The minimum Gasteiger partial charge on any atom is -0.480 e. The normalized spacial score (nSPS) is 14.8. The van der Waals surface area contributed by atoms with Gasteiger partial charge in [-0.25, -0.2) is 4.79 Å². The first kappa shape index (κ1) is 70.4. The lowest BCUT2D eigenvalue weighted by Gasteiger charge is -2.30. The Bertz CT molecular complexity index is 3360. The lowest BCUT2D eigenvalue weighted by Crippen LogP contribution is -2.61. The highest BCUT2D eigenvalue weighted by atomic mass is 16.4. The predicted molar refractivity (Wildman–Crippen MR) is 346 cm³/mol. The number of hydrogen-bond acceptors (Lipinski definition) is 13. The fraction of sp³-hybridized carbons (Fsp3) is 0.492. The van der Waals surface area contributed by atoms with Gasteiger partial charge in [-0.1, -0.05) is 95.1 Å². The molecule has 0 fully saturated rings. The van der Waals surface area contributed by atoms with Crippen molar-refractivity contribution >= 4 is 85.9 Å². The molecule has 0 bridgehead atoms. The van der Waals surface area contributed by atoms with Crippen LogP contribution in [0.4, 0.5) is 0 Å². The minimum atomic E-state index is -1.38. The van der Waals surface area contributed by atoms with Crippen LogP contribution >= 0.6 is 0 Å². The van der Waals surface area contributed by atoms with Crippen molar-refractivity contribution < 1.29 is 48.3 Å². The summed E-state index contributed by atoms with van der Waals surface area (Å²) < 4.78 is 0. The van der Waals surface area contributed by atoms with Crippen molar-refractivity contribution in [2.24, 2.45) is 34.8 Å². The molecule has 25 nitrogen and oxygen atoms in total. The van der Waals surface area contributed by atoms with E-state index in [4.69, 9.17) is 22.9 Å². The SMILES string of the molecule is CC[C@H](C)[C@H](NC(=O)CN)C(=O)N[C@@H](Cc1c[nH]c2ccccc12)C(=O)N[C@@H](CCCCN)C(=O)N[C@@H](CCCCN)C(=O)N[C@H](C(=O)N[C@@H](Cc1c[nH]c2ccccc12)C(=O)N[C@@H](CCCCN)C(=O)N[C@@H](Cc1c[nH]c2ccccc12)C(=O)O)[C@@H](C)CC. The highest BCUT2D eigenvalue weighted by Crippen LogP contribution is 2.23. The summed E-state index contributed by atoms with van der Waals surface area (Å²) in [6, 6.07) is 12.1. The molecule has 0 aliphatic carbocycles. The van der Waals surface area contributed by atoms with E-state index in [-0.39, 0.29) is 64.1 Å². The molecule has 3 aromatic heterocycles. The molecule has 0 saturated heterocycles. The number of hydrogen-bond donors (Lipinski definition) is 16. The zero-order valence-corrected chi connectivity index (χ0v) is 52.1. The number of carboxylic acids is 1. The molecule has 25 heteroatoms. The Morgan fingerprint density at radius 1 is 0.400 bits per heavy atom. The topological polar surface area (TPSA) is 422 Å². The number of benzene rings is 3. The monoisotopic (exact) mass is 1240 g/mol. The quantitative estimate of drug-likeness (QED) is 0.0247. The van der Waals surface area contributed by atoms with Gasteiger partial charge in [0.1, 0.15) is 48.3 Å². The van der Waals surface area contributed by atoms with Gasteiger partial charge in [-0.3, -0.25) is 38.4 Å². The Labute approximate surface area is 524 Å². The lowest BCUT2D eigenvalue weighted by atomic mass is 9.96. The fourth-order valence-electron chi connectivity index (χ4n) is 11.0. The van der Waals surface area contributed by atoms with Crippen LogP contribution in [-0.4, -0.2) is 148 Å². The highest BCUT2D eigenvalue weighted by Gasteiger charge is 2.37.